The molecule has 0 aliphatic heterocycles. The van der Waals surface area contributed by atoms with Crippen LogP contribution in [0.15, 0.2) is 122 Å². The minimum Gasteiger partial charge on any atom is -0.462 e. The molecule has 384 valence electrons. The average Bonchev–Trinajstić information content (AvgIpc) is 3.32. The molecule has 0 bridgehead atoms. The summed E-state index contributed by atoms with van der Waals surface area (Å²) < 4.78 is 33.3. The highest BCUT2D eigenvalue weighted by Crippen LogP contribution is 2.47. The Morgan fingerprint density at radius 1 is 0.544 bits per heavy atom. The van der Waals surface area contributed by atoms with Crippen LogP contribution < -0.4 is 0 Å². The highest BCUT2D eigenvalue weighted by molar-refractivity contribution is 7.47. The molecule has 1 saturated carbocycles. The fourth-order valence-electron chi connectivity index (χ4n) is 6.44. The summed E-state index contributed by atoms with van der Waals surface area (Å²) >= 11 is 0. The van der Waals surface area contributed by atoms with E-state index in [1.54, 1.807) is 12.2 Å². The summed E-state index contributed by atoms with van der Waals surface area (Å²) in [5.74, 6) is -1.43. The van der Waals surface area contributed by atoms with Gasteiger partial charge in [0.15, 0.2) is 6.10 Å². The number of ether oxygens (including phenoxy) is 2. The molecule has 0 amide bonds. The first-order chi connectivity index (χ1) is 32.8. The third kappa shape index (κ3) is 32.9. The predicted molar refractivity (Wildman–Crippen MR) is 268 cm³/mol. The Bertz CT molecular complexity index is 1660. The van der Waals surface area contributed by atoms with Gasteiger partial charge in [0, 0.05) is 12.8 Å². The number of unbranched alkanes of at least 4 members (excludes halogenated alkanes) is 6. The van der Waals surface area contributed by atoms with Crippen LogP contribution in [0, 0.1) is 0 Å². The second kappa shape index (κ2) is 41.0. The maximum Gasteiger partial charge on any atom is 0.472 e. The first kappa shape index (κ1) is 62.2. The van der Waals surface area contributed by atoms with Crippen LogP contribution in [0.25, 0.3) is 0 Å². The maximum absolute atomic E-state index is 12.8. The summed E-state index contributed by atoms with van der Waals surface area (Å²) in [6, 6.07) is 0. The number of hydrogen-bond acceptors (Lipinski definition) is 13. The van der Waals surface area contributed by atoms with E-state index in [2.05, 4.69) is 105 Å². The summed E-state index contributed by atoms with van der Waals surface area (Å²) in [6.07, 6.45) is 41.3. The van der Waals surface area contributed by atoms with Gasteiger partial charge in [0.2, 0.25) is 0 Å². The van der Waals surface area contributed by atoms with Gasteiger partial charge in [-0.3, -0.25) is 18.6 Å². The summed E-state index contributed by atoms with van der Waals surface area (Å²) in [6.45, 7) is 2.92. The minimum atomic E-state index is -5.21. The summed E-state index contributed by atoms with van der Waals surface area (Å²) in [5, 5.41) is 60.6. The molecule has 14 nitrogen and oxygen atoms in total. The molecule has 9 atom stereocenters. The number of aliphatic hydroxyl groups is 6. The van der Waals surface area contributed by atoms with E-state index in [1.165, 1.54) is 25.3 Å². The number of rotatable bonds is 38. The Morgan fingerprint density at radius 3 is 1.53 bits per heavy atom. The molecule has 0 spiro atoms. The first-order valence-electron chi connectivity index (χ1n) is 24.4. The van der Waals surface area contributed by atoms with Crippen LogP contribution in [0.3, 0.4) is 0 Å². The lowest BCUT2D eigenvalue weighted by Crippen LogP contribution is -2.64. The van der Waals surface area contributed by atoms with Crippen molar-refractivity contribution >= 4 is 19.8 Å². The zero-order valence-corrected chi connectivity index (χ0v) is 41.3. The molecular weight excluding hydrogens is 892 g/mol. The van der Waals surface area contributed by atoms with Gasteiger partial charge >= 0.3 is 19.8 Å². The van der Waals surface area contributed by atoms with Crippen LogP contribution in [0.4, 0.5) is 0 Å². The van der Waals surface area contributed by atoms with Crippen LogP contribution in [0.1, 0.15) is 136 Å². The van der Waals surface area contributed by atoms with Gasteiger partial charge in [0.05, 0.1) is 12.7 Å². The number of carbonyl (C=O) groups excluding carboxylic acids is 2. The monoisotopic (exact) mass is 975 g/mol. The van der Waals surface area contributed by atoms with Crippen LogP contribution in [-0.4, -0.2) is 110 Å². The molecule has 7 N–H and O–H groups in total. The van der Waals surface area contributed by atoms with Gasteiger partial charge in [0.1, 0.15) is 43.2 Å². The molecule has 0 aromatic heterocycles. The van der Waals surface area contributed by atoms with Crippen LogP contribution in [0.2, 0.25) is 0 Å². The van der Waals surface area contributed by atoms with Crippen LogP contribution in [0.5, 0.6) is 0 Å². The zero-order chi connectivity index (χ0) is 50.1. The van der Waals surface area contributed by atoms with E-state index in [0.29, 0.717) is 12.8 Å². The van der Waals surface area contributed by atoms with E-state index in [1.807, 2.05) is 12.2 Å². The highest BCUT2D eigenvalue weighted by Gasteiger charge is 2.51. The van der Waals surface area contributed by atoms with Crippen molar-refractivity contribution in [2.45, 2.75) is 185 Å². The summed E-state index contributed by atoms with van der Waals surface area (Å²) in [7, 11) is -5.21. The van der Waals surface area contributed by atoms with E-state index in [-0.39, 0.29) is 19.3 Å². The standard InChI is InChI=1S/C53H83O14P/c1-3-5-7-9-11-13-15-17-19-21-22-23-25-27-29-31-33-35-37-39-46(55)64-42-45(43-65-68(62,63)67-53-51(60)49(58)48(57)50(59)52(53)61)66-47(56)41-40-44(54)38-36-34-32-30-28-26-24-20-18-16-14-12-10-8-6-4-2/h6,8,11-14,17-20,22-23,26-29,32,34,36,38,44-45,48-54,57-61H,3-5,7,9-10,15-16,21,24-25,30-31,33,35,37,39-43H2,1-2H3,(H,62,63)/b8-6-,13-11-,14-12-,19-17-,20-18-,23-22-,28-26-,29-27-,34-32-,38-36-/t44?,45-,48?,49-,50+,51-,52-,53?/m1/s1. The second-order valence-corrected chi connectivity index (χ2v) is 17.8. The number of allylic oxidation sites excluding steroid dienone is 19. The number of esters is 2. The molecule has 1 fully saturated rings. The molecule has 0 aromatic carbocycles. The minimum absolute atomic E-state index is 0.0238. The number of phosphoric ester groups is 1. The lowest BCUT2D eigenvalue weighted by Gasteiger charge is -2.41. The Morgan fingerprint density at radius 2 is 1.01 bits per heavy atom. The number of hydrogen-bond donors (Lipinski definition) is 7. The molecular formula is C53H83O14P. The Hall–Kier alpha value is -3.79. The number of aliphatic hydroxyl groups excluding tert-OH is 6. The molecule has 1 aliphatic rings. The third-order valence-electron chi connectivity index (χ3n) is 10.4. The van der Waals surface area contributed by atoms with Gasteiger partial charge in [-0.05, 0) is 89.9 Å². The first-order valence-corrected chi connectivity index (χ1v) is 25.9. The second-order valence-electron chi connectivity index (χ2n) is 16.4. The molecule has 4 unspecified atom stereocenters. The highest BCUT2D eigenvalue weighted by atomic mass is 31.2. The molecule has 0 saturated heterocycles. The van der Waals surface area contributed by atoms with E-state index < -0.39 is 81.8 Å². The lowest BCUT2D eigenvalue weighted by molar-refractivity contribution is -0.220. The van der Waals surface area contributed by atoms with Crippen molar-refractivity contribution in [3.8, 4) is 0 Å². The van der Waals surface area contributed by atoms with Crippen molar-refractivity contribution in [2.24, 2.45) is 0 Å². The normalized spacial score (nSPS) is 22.5. The molecule has 1 rings (SSSR count). The smallest absolute Gasteiger partial charge is 0.462 e. The van der Waals surface area contributed by atoms with Gasteiger partial charge in [-0.15, -0.1) is 0 Å². The van der Waals surface area contributed by atoms with Gasteiger partial charge < -0.3 is 45.0 Å². The van der Waals surface area contributed by atoms with Crippen molar-refractivity contribution in [2.75, 3.05) is 13.2 Å². The van der Waals surface area contributed by atoms with Crippen LogP contribution >= 0.6 is 7.82 Å². The SMILES string of the molecule is CC/C=C\C/C=C\C/C=C\C/C=C\C/C=C\C=C/C(O)CCC(=O)O[C@H](COC(=O)CCCCC/C=C\C/C=C\C/C=C\C/C=C\CCCCC)COP(=O)(O)OC1[C@H](O)[C@H](O)C(O)[C@H](O)[C@H]1O. The molecule has 1 aliphatic carbocycles. The number of carbonyl (C=O) groups is 2. The van der Waals surface area contributed by atoms with Crippen molar-refractivity contribution in [1.29, 1.82) is 0 Å². The summed E-state index contributed by atoms with van der Waals surface area (Å²) in [5.41, 5.74) is 0. The van der Waals surface area contributed by atoms with E-state index in [0.717, 1.165) is 70.6 Å². The van der Waals surface area contributed by atoms with Crippen molar-refractivity contribution in [3.05, 3.63) is 122 Å². The molecule has 0 radical (unpaired) electrons. The van der Waals surface area contributed by atoms with Gasteiger partial charge in [-0.25, -0.2) is 4.57 Å². The van der Waals surface area contributed by atoms with E-state index in [9.17, 15) is 49.7 Å². The predicted octanol–water partition coefficient (Wildman–Crippen LogP) is 9.14. The maximum atomic E-state index is 12.8. The number of phosphoric acid groups is 1. The molecule has 0 aromatic rings. The Kier molecular flexibility index (Phi) is 37.6. The van der Waals surface area contributed by atoms with Gasteiger partial charge in [-0.1, -0.05) is 155 Å². The molecule has 15 heteroatoms. The fourth-order valence-corrected chi connectivity index (χ4v) is 7.41. The van der Waals surface area contributed by atoms with Crippen LogP contribution in [-0.2, 0) is 32.7 Å². The average molecular weight is 975 g/mol. The largest absolute Gasteiger partial charge is 0.472 e. The Balaban J connectivity index is 2.58. The lowest BCUT2D eigenvalue weighted by atomic mass is 9.85. The van der Waals surface area contributed by atoms with E-state index in [4.69, 9.17) is 18.5 Å². The van der Waals surface area contributed by atoms with Crippen molar-refractivity contribution in [1.82, 2.24) is 0 Å². The summed E-state index contributed by atoms with van der Waals surface area (Å²) in [4.78, 5) is 35.8. The van der Waals surface area contributed by atoms with Gasteiger partial charge in [-0.2, -0.15) is 0 Å². The fraction of sp³-hybridized carbons (Fsp3) is 0.585. The molecule has 68 heavy (non-hydrogen) atoms. The third-order valence-corrected chi connectivity index (χ3v) is 11.4. The van der Waals surface area contributed by atoms with E-state index >= 15 is 0 Å². The van der Waals surface area contributed by atoms with Gasteiger partial charge in [0.25, 0.3) is 0 Å². The quantitative estimate of drug-likeness (QED) is 0.0101. The molecule has 0 heterocycles. The Labute approximate surface area is 406 Å². The van der Waals surface area contributed by atoms with Crippen molar-refractivity contribution in [3.63, 3.8) is 0 Å². The van der Waals surface area contributed by atoms with Crippen molar-refractivity contribution < 1.29 is 68.2 Å². The topological polar surface area (TPSA) is 230 Å². The zero-order valence-electron chi connectivity index (χ0n) is 40.5.